The summed E-state index contributed by atoms with van der Waals surface area (Å²) in [4.78, 5) is 0. The van der Waals surface area contributed by atoms with E-state index in [0.29, 0.717) is 22.2 Å². The lowest BCUT2D eigenvalue weighted by Crippen LogP contribution is -2.36. The van der Waals surface area contributed by atoms with Crippen LogP contribution in [0.3, 0.4) is 0 Å². The fraction of sp³-hybridized carbons (Fsp3) is 0.571. The number of hydrogen-bond acceptors (Lipinski definition) is 2. The van der Waals surface area contributed by atoms with E-state index in [1.807, 2.05) is 6.92 Å². The molecule has 1 atom stereocenters. The van der Waals surface area contributed by atoms with Gasteiger partial charge in [-0.2, -0.15) is 0 Å². The third-order valence-corrected chi connectivity index (χ3v) is 4.21. The Bertz CT molecular complexity index is 414. The second-order valence-corrected chi connectivity index (χ2v) is 5.62. The van der Waals surface area contributed by atoms with Crippen molar-refractivity contribution in [1.82, 2.24) is 0 Å². The molecule has 2 nitrogen and oxygen atoms in total. The Morgan fingerprint density at radius 2 is 2.00 bits per heavy atom. The van der Waals surface area contributed by atoms with Gasteiger partial charge in [-0.15, -0.1) is 0 Å². The van der Waals surface area contributed by atoms with Crippen molar-refractivity contribution in [2.45, 2.75) is 44.3 Å². The molecule has 1 aromatic rings. The Labute approximate surface area is 118 Å². The van der Waals surface area contributed by atoms with Gasteiger partial charge in [0.25, 0.3) is 0 Å². The summed E-state index contributed by atoms with van der Waals surface area (Å²) in [5.41, 5.74) is 0.169. The number of rotatable bonds is 4. The molecule has 0 amide bonds. The zero-order chi connectivity index (χ0) is 13.2. The van der Waals surface area contributed by atoms with Crippen molar-refractivity contribution < 1.29 is 9.84 Å². The number of aliphatic hydroxyl groups is 1. The molecule has 1 aliphatic rings. The summed E-state index contributed by atoms with van der Waals surface area (Å²) >= 11 is 12.1. The molecular weight excluding hydrogens is 271 g/mol. The molecule has 0 spiro atoms. The van der Waals surface area contributed by atoms with Crippen LogP contribution in [-0.2, 0) is 4.74 Å². The molecule has 4 heteroatoms. The van der Waals surface area contributed by atoms with E-state index in [1.165, 1.54) is 0 Å². The van der Waals surface area contributed by atoms with E-state index in [9.17, 15) is 5.11 Å². The summed E-state index contributed by atoms with van der Waals surface area (Å²) in [6.45, 7) is 2.54. The SMILES string of the molecule is CCOC1(C(O)c2cc(Cl)ccc2Cl)CCCC1. The van der Waals surface area contributed by atoms with E-state index in [2.05, 4.69) is 0 Å². The standard InChI is InChI=1S/C14H18Cl2O2/c1-2-18-14(7-3-4-8-14)13(17)11-9-10(15)5-6-12(11)16/h5-6,9,13,17H,2-4,7-8H2,1H3. The smallest absolute Gasteiger partial charge is 0.109 e. The molecule has 0 aliphatic heterocycles. The second-order valence-electron chi connectivity index (χ2n) is 4.77. The number of ether oxygens (including phenoxy) is 1. The molecular formula is C14H18Cl2O2. The summed E-state index contributed by atoms with van der Waals surface area (Å²) in [5.74, 6) is 0. The van der Waals surface area contributed by atoms with Gasteiger partial charge in [0.2, 0.25) is 0 Å². The molecule has 0 radical (unpaired) electrons. The van der Waals surface area contributed by atoms with E-state index < -0.39 is 11.7 Å². The average molecular weight is 289 g/mol. The maximum atomic E-state index is 10.6. The average Bonchev–Trinajstić information content (AvgIpc) is 2.82. The fourth-order valence-corrected chi connectivity index (χ4v) is 3.17. The van der Waals surface area contributed by atoms with Crippen molar-refractivity contribution in [3.8, 4) is 0 Å². The van der Waals surface area contributed by atoms with Crippen LogP contribution in [0.5, 0.6) is 0 Å². The van der Waals surface area contributed by atoms with E-state index in [1.54, 1.807) is 18.2 Å². The topological polar surface area (TPSA) is 29.5 Å². The molecule has 1 saturated carbocycles. The molecule has 18 heavy (non-hydrogen) atoms. The molecule has 1 N–H and O–H groups in total. The van der Waals surface area contributed by atoms with E-state index in [0.717, 1.165) is 25.7 Å². The molecule has 2 rings (SSSR count). The van der Waals surface area contributed by atoms with E-state index in [4.69, 9.17) is 27.9 Å². The molecule has 0 saturated heterocycles. The molecule has 0 bridgehead atoms. The van der Waals surface area contributed by atoms with Gasteiger partial charge < -0.3 is 9.84 Å². The monoisotopic (exact) mass is 288 g/mol. The lowest BCUT2D eigenvalue weighted by molar-refractivity contribution is -0.118. The van der Waals surface area contributed by atoms with Gasteiger partial charge in [0.05, 0.1) is 5.60 Å². The summed E-state index contributed by atoms with van der Waals surface area (Å²) in [7, 11) is 0. The highest BCUT2D eigenvalue weighted by molar-refractivity contribution is 6.33. The van der Waals surface area contributed by atoms with Crippen LogP contribution in [0.4, 0.5) is 0 Å². The molecule has 0 aromatic heterocycles. The van der Waals surface area contributed by atoms with Crippen LogP contribution in [0.25, 0.3) is 0 Å². The van der Waals surface area contributed by atoms with Gasteiger partial charge >= 0.3 is 0 Å². The Balaban J connectivity index is 2.33. The molecule has 1 aliphatic carbocycles. The van der Waals surface area contributed by atoms with Gasteiger partial charge in [0.1, 0.15) is 6.10 Å². The number of hydrogen-bond donors (Lipinski definition) is 1. The zero-order valence-electron chi connectivity index (χ0n) is 10.5. The van der Waals surface area contributed by atoms with Crippen LogP contribution in [-0.4, -0.2) is 17.3 Å². The van der Waals surface area contributed by atoms with Crippen LogP contribution in [0.2, 0.25) is 10.0 Å². The lowest BCUT2D eigenvalue weighted by Gasteiger charge is -2.34. The number of benzene rings is 1. The highest BCUT2D eigenvalue weighted by atomic mass is 35.5. The maximum Gasteiger partial charge on any atom is 0.109 e. The van der Waals surface area contributed by atoms with Crippen LogP contribution >= 0.6 is 23.2 Å². The quantitative estimate of drug-likeness (QED) is 0.891. The summed E-state index contributed by atoms with van der Waals surface area (Å²) < 4.78 is 5.85. The first kappa shape index (κ1) is 14.1. The summed E-state index contributed by atoms with van der Waals surface area (Å²) in [6, 6.07) is 5.17. The summed E-state index contributed by atoms with van der Waals surface area (Å²) in [5, 5.41) is 11.8. The van der Waals surface area contributed by atoms with Gasteiger partial charge in [-0.25, -0.2) is 0 Å². The Kier molecular flexibility index (Phi) is 4.54. The van der Waals surface area contributed by atoms with E-state index in [-0.39, 0.29) is 0 Å². The van der Waals surface area contributed by atoms with Crippen LogP contribution < -0.4 is 0 Å². The van der Waals surface area contributed by atoms with Crippen LogP contribution in [0.15, 0.2) is 18.2 Å². The minimum absolute atomic E-state index is 0.497. The third kappa shape index (κ3) is 2.67. The Hall–Kier alpha value is -0.280. The first-order valence-corrected chi connectivity index (χ1v) is 7.11. The minimum Gasteiger partial charge on any atom is -0.385 e. The second kappa shape index (κ2) is 5.79. The molecule has 1 aromatic carbocycles. The van der Waals surface area contributed by atoms with Crippen LogP contribution in [0, 0.1) is 0 Å². The third-order valence-electron chi connectivity index (χ3n) is 3.63. The predicted molar refractivity (Wildman–Crippen MR) is 74.2 cm³/mol. The van der Waals surface area contributed by atoms with Gasteiger partial charge in [-0.05, 0) is 38.0 Å². The van der Waals surface area contributed by atoms with Gasteiger partial charge in [0.15, 0.2) is 0 Å². The molecule has 1 unspecified atom stereocenters. The van der Waals surface area contributed by atoms with Crippen molar-refractivity contribution in [1.29, 1.82) is 0 Å². The van der Waals surface area contributed by atoms with Gasteiger partial charge in [-0.1, -0.05) is 36.0 Å². The number of halogens is 2. The molecule has 0 heterocycles. The summed E-state index contributed by atoms with van der Waals surface area (Å²) in [6.07, 6.45) is 3.17. The maximum absolute atomic E-state index is 10.6. The van der Waals surface area contributed by atoms with Crippen molar-refractivity contribution in [3.05, 3.63) is 33.8 Å². The number of aliphatic hydroxyl groups excluding tert-OH is 1. The van der Waals surface area contributed by atoms with Gasteiger partial charge in [0, 0.05) is 22.2 Å². The van der Waals surface area contributed by atoms with Crippen molar-refractivity contribution >= 4 is 23.2 Å². The Morgan fingerprint density at radius 3 is 2.61 bits per heavy atom. The fourth-order valence-electron chi connectivity index (χ4n) is 2.77. The van der Waals surface area contributed by atoms with Crippen LogP contribution in [0.1, 0.15) is 44.3 Å². The lowest BCUT2D eigenvalue weighted by atomic mass is 9.89. The van der Waals surface area contributed by atoms with E-state index >= 15 is 0 Å². The minimum atomic E-state index is -0.717. The van der Waals surface area contributed by atoms with Gasteiger partial charge in [-0.3, -0.25) is 0 Å². The molecule has 100 valence electrons. The largest absolute Gasteiger partial charge is 0.385 e. The van der Waals surface area contributed by atoms with Crippen molar-refractivity contribution in [3.63, 3.8) is 0 Å². The zero-order valence-corrected chi connectivity index (χ0v) is 12.0. The highest BCUT2D eigenvalue weighted by Crippen LogP contribution is 2.44. The molecule has 1 fully saturated rings. The van der Waals surface area contributed by atoms with Crippen molar-refractivity contribution in [2.24, 2.45) is 0 Å². The highest BCUT2D eigenvalue weighted by Gasteiger charge is 2.42. The normalized spacial score (nSPS) is 20.0. The first-order chi connectivity index (χ1) is 8.59. The van der Waals surface area contributed by atoms with Crippen molar-refractivity contribution in [2.75, 3.05) is 6.61 Å². The first-order valence-electron chi connectivity index (χ1n) is 6.36. The predicted octanol–water partition coefficient (Wildman–Crippen LogP) is 4.38. The Morgan fingerprint density at radius 1 is 1.33 bits per heavy atom.